The van der Waals surface area contributed by atoms with Gasteiger partial charge in [0.25, 0.3) is 5.69 Å². The lowest BCUT2D eigenvalue weighted by Gasteiger charge is -2.19. The van der Waals surface area contributed by atoms with Gasteiger partial charge in [0, 0.05) is 12.6 Å². The van der Waals surface area contributed by atoms with E-state index >= 15 is 0 Å². The Morgan fingerprint density at radius 1 is 1.52 bits per heavy atom. The minimum atomic E-state index is -4.47. The van der Waals surface area contributed by atoms with Crippen molar-refractivity contribution in [2.75, 3.05) is 25.5 Å². The minimum Gasteiger partial charge on any atom is -0.361 e. The Kier molecular flexibility index (Phi) is 5.06. The van der Waals surface area contributed by atoms with Gasteiger partial charge < -0.3 is 10.2 Å². The number of pyridine rings is 1. The van der Waals surface area contributed by atoms with Gasteiger partial charge in [-0.3, -0.25) is 14.9 Å². The Hall–Kier alpha value is -2.39. The second-order valence-corrected chi connectivity index (χ2v) is 4.33. The molecule has 1 heterocycles. The lowest BCUT2D eigenvalue weighted by Crippen LogP contribution is -2.39. The third-order valence-corrected chi connectivity index (χ3v) is 2.54. The first-order valence-corrected chi connectivity index (χ1v) is 5.76. The molecule has 0 unspecified atom stereocenters. The van der Waals surface area contributed by atoms with Crippen molar-refractivity contribution in [1.82, 2.24) is 9.88 Å². The summed E-state index contributed by atoms with van der Waals surface area (Å²) in [4.78, 5) is 25.7. The summed E-state index contributed by atoms with van der Waals surface area (Å²) in [6.45, 7) is -0.250. The van der Waals surface area contributed by atoms with Gasteiger partial charge in [0.15, 0.2) is 0 Å². The molecule has 7 nitrogen and oxygen atoms in total. The molecule has 0 saturated heterocycles. The van der Waals surface area contributed by atoms with E-state index in [1.807, 2.05) is 0 Å². The zero-order valence-electron chi connectivity index (χ0n) is 11.3. The van der Waals surface area contributed by atoms with Gasteiger partial charge in [0.05, 0.1) is 11.5 Å². The maximum absolute atomic E-state index is 12.1. The molecular weight excluding hydrogens is 293 g/mol. The summed E-state index contributed by atoms with van der Waals surface area (Å²) in [5.41, 5.74) is 0.148. The topological polar surface area (TPSA) is 88.4 Å². The van der Waals surface area contributed by atoms with Crippen LogP contribution in [0.15, 0.2) is 12.3 Å². The molecule has 1 aromatic heterocycles. The van der Waals surface area contributed by atoms with Crippen LogP contribution in [0.5, 0.6) is 0 Å². The lowest BCUT2D eigenvalue weighted by molar-refractivity contribution is -0.385. The number of alkyl halides is 3. The first-order valence-electron chi connectivity index (χ1n) is 5.76. The van der Waals surface area contributed by atoms with Crippen LogP contribution in [0.1, 0.15) is 5.56 Å². The minimum absolute atomic E-state index is 0.173. The van der Waals surface area contributed by atoms with Crippen LogP contribution in [0, 0.1) is 17.0 Å². The molecule has 0 bridgehead atoms. The van der Waals surface area contributed by atoms with Crippen LogP contribution in [0.4, 0.5) is 24.7 Å². The fraction of sp³-hybridized carbons (Fsp3) is 0.455. The van der Waals surface area contributed by atoms with E-state index in [4.69, 9.17) is 0 Å². The van der Waals surface area contributed by atoms with Gasteiger partial charge in [0.1, 0.15) is 18.6 Å². The van der Waals surface area contributed by atoms with Crippen LogP contribution >= 0.6 is 0 Å². The van der Waals surface area contributed by atoms with E-state index in [0.29, 0.717) is 10.5 Å². The summed E-state index contributed by atoms with van der Waals surface area (Å²) < 4.78 is 36.3. The average molecular weight is 306 g/mol. The highest BCUT2D eigenvalue weighted by Crippen LogP contribution is 2.19. The number of likely N-dealkylation sites (N-methyl/N-ethyl adjacent to an activating group) is 1. The van der Waals surface area contributed by atoms with E-state index in [9.17, 15) is 28.1 Å². The molecule has 1 rings (SSSR count). The van der Waals surface area contributed by atoms with Gasteiger partial charge in [0.2, 0.25) is 5.91 Å². The summed E-state index contributed by atoms with van der Waals surface area (Å²) in [7, 11) is 1.03. The van der Waals surface area contributed by atoms with Crippen molar-refractivity contribution in [3.63, 3.8) is 0 Å². The van der Waals surface area contributed by atoms with E-state index in [-0.39, 0.29) is 11.5 Å². The average Bonchev–Trinajstić information content (AvgIpc) is 2.33. The summed E-state index contributed by atoms with van der Waals surface area (Å²) in [5.74, 6) is -0.600. The van der Waals surface area contributed by atoms with Crippen molar-refractivity contribution in [2.45, 2.75) is 13.1 Å². The van der Waals surface area contributed by atoms with Crippen molar-refractivity contribution in [3.05, 3.63) is 27.9 Å². The van der Waals surface area contributed by atoms with Gasteiger partial charge in [-0.2, -0.15) is 13.2 Å². The standard InChI is InChI=1S/C11H13F3N4O3/c1-7-3-9(15-4-8(7)18(20)21)16-5-10(19)17(2)6-11(12,13)14/h3-4H,5-6H2,1-2H3,(H,15,16). The Bertz CT molecular complexity index is 548. The summed E-state index contributed by atoms with van der Waals surface area (Å²) in [6, 6.07) is 1.34. The van der Waals surface area contributed by atoms with E-state index in [2.05, 4.69) is 10.3 Å². The number of aryl methyl sites for hydroxylation is 1. The molecular formula is C11H13F3N4O3. The van der Waals surface area contributed by atoms with Crippen molar-refractivity contribution in [2.24, 2.45) is 0 Å². The van der Waals surface area contributed by atoms with Crippen molar-refractivity contribution < 1.29 is 22.9 Å². The quantitative estimate of drug-likeness (QED) is 0.661. The van der Waals surface area contributed by atoms with Crippen molar-refractivity contribution in [1.29, 1.82) is 0 Å². The van der Waals surface area contributed by atoms with Gasteiger partial charge in [-0.1, -0.05) is 0 Å². The highest BCUT2D eigenvalue weighted by molar-refractivity contribution is 5.80. The number of hydrogen-bond donors (Lipinski definition) is 1. The van der Waals surface area contributed by atoms with E-state index in [1.165, 1.54) is 13.0 Å². The summed E-state index contributed by atoms with van der Waals surface area (Å²) in [6.07, 6.45) is -3.45. The van der Waals surface area contributed by atoms with Crippen LogP contribution in [-0.4, -0.2) is 47.0 Å². The van der Waals surface area contributed by atoms with Gasteiger partial charge in [-0.05, 0) is 13.0 Å². The number of nitro groups is 1. The molecule has 1 N–H and O–H groups in total. The normalized spacial score (nSPS) is 11.1. The summed E-state index contributed by atoms with van der Waals surface area (Å²) in [5, 5.41) is 13.1. The number of rotatable bonds is 5. The van der Waals surface area contributed by atoms with Gasteiger partial charge in [-0.25, -0.2) is 4.98 Å². The van der Waals surface area contributed by atoms with E-state index < -0.39 is 30.1 Å². The van der Waals surface area contributed by atoms with Crippen LogP contribution in [0.2, 0.25) is 0 Å². The SMILES string of the molecule is Cc1cc(NCC(=O)N(C)CC(F)(F)F)ncc1[N+](=O)[O-]. The molecule has 1 aromatic rings. The highest BCUT2D eigenvalue weighted by atomic mass is 19.4. The van der Waals surface area contributed by atoms with E-state index in [0.717, 1.165) is 13.2 Å². The fourth-order valence-corrected chi connectivity index (χ4v) is 1.49. The maximum atomic E-state index is 12.1. The molecule has 0 saturated carbocycles. The number of aromatic nitrogens is 1. The van der Waals surface area contributed by atoms with Crippen molar-refractivity contribution in [3.8, 4) is 0 Å². The Labute approximate surface area is 117 Å². The zero-order chi connectivity index (χ0) is 16.2. The molecule has 0 aliphatic heterocycles. The third-order valence-electron chi connectivity index (χ3n) is 2.54. The Balaban J connectivity index is 2.61. The Morgan fingerprint density at radius 2 is 2.14 bits per heavy atom. The van der Waals surface area contributed by atoms with Crippen LogP contribution < -0.4 is 5.32 Å². The number of nitrogens with zero attached hydrogens (tertiary/aromatic N) is 3. The molecule has 0 aromatic carbocycles. The predicted molar refractivity (Wildman–Crippen MR) is 67.8 cm³/mol. The number of halogens is 3. The third kappa shape index (κ3) is 5.24. The molecule has 0 radical (unpaired) electrons. The van der Waals surface area contributed by atoms with Crippen LogP contribution in [-0.2, 0) is 4.79 Å². The molecule has 0 aliphatic rings. The predicted octanol–water partition coefficient (Wildman–Crippen LogP) is 1.73. The number of carbonyl (C=O) groups excluding carboxylic acids is 1. The smallest absolute Gasteiger partial charge is 0.361 e. The number of amides is 1. The molecule has 21 heavy (non-hydrogen) atoms. The molecule has 116 valence electrons. The fourth-order valence-electron chi connectivity index (χ4n) is 1.49. The van der Waals surface area contributed by atoms with E-state index in [1.54, 1.807) is 0 Å². The molecule has 10 heteroatoms. The second kappa shape index (κ2) is 6.37. The lowest BCUT2D eigenvalue weighted by atomic mass is 10.2. The van der Waals surface area contributed by atoms with Crippen LogP contribution in [0.25, 0.3) is 0 Å². The molecule has 0 spiro atoms. The second-order valence-electron chi connectivity index (χ2n) is 4.33. The van der Waals surface area contributed by atoms with Crippen molar-refractivity contribution >= 4 is 17.4 Å². The first-order chi connectivity index (χ1) is 9.60. The molecule has 1 amide bonds. The van der Waals surface area contributed by atoms with Gasteiger partial charge >= 0.3 is 6.18 Å². The van der Waals surface area contributed by atoms with Crippen LogP contribution in [0.3, 0.4) is 0 Å². The maximum Gasteiger partial charge on any atom is 0.406 e. The molecule has 0 aliphatic carbocycles. The number of anilines is 1. The number of carbonyl (C=O) groups is 1. The first kappa shape index (κ1) is 16.7. The Morgan fingerprint density at radius 3 is 2.62 bits per heavy atom. The monoisotopic (exact) mass is 306 g/mol. The largest absolute Gasteiger partial charge is 0.406 e. The molecule has 0 fully saturated rings. The molecule has 0 atom stereocenters. The number of nitrogens with one attached hydrogen (secondary N) is 1. The summed E-state index contributed by atoms with van der Waals surface area (Å²) >= 11 is 0. The number of hydrogen-bond acceptors (Lipinski definition) is 5. The highest BCUT2D eigenvalue weighted by Gasteiger charge is 2.31. The zero-order valence-corrected chi connectivity index (χ0v) is 11.3. The van der Waals surface area contributed by atoms with Gasteiger partial charge in [-0.15, -0.1) is 0 Å².